The van der Waals surface area contributed by atoms with E-state index < -0.39 is 50.3 Å². The van der Waals surface area contributed by atoms with Gasteiger partial charge in [-0.2, -0.15) is 0 Å². The molecule has 168 valence electrons. The molecule has 2 N–H and O–H groups in total. The second-order valence-electron chi connectivity index (χ2n) is 5.07. The molecule has 13 nitrogen and oxygen atoms in total. The van der Waals surface area contributed by atoms with Gasteiger partial charge in [-0.3, -0.25) is 0 Å². The normalized spacial score (nSPS) is 10.6. The minimum Gasteiger partial charge on any atom is -0.480 e. The SMILES string of the molecule is O=C(O)COCCOCCOCC(=O)OC(=O)COCCOCCOCC(=O)O. The van der Waals surface area contributed by atoms with Crippen LogP contribution in [0.5, 0.6) is 0 Å². The summed E-state index contributed by atoms with van der Waals surface area (Å²) in [6, 6.07) is 0. The van der Waals surface area contributed by atoms with Crippen molar-refractivity contribution < 1.29 is 62.5 Å². The molecule has 0 rings (SSSR count). The molecule has 13 heteroatoms. The van der Waals surface area contributed by atoms with Crippen molar-refractivity contribution in [1.82, 2.24) is 0 Å². The standard InChI is InChI=1S/C16H26O13/c17-13(18)9-25-5-1-23-3-7-27-11-15(21)29-16(22)12-28-8-4-24-2-6-26-10-14(19)20/h1-12H2,(H,17,18)(H,19,20). The molecule has 0 fully saturated rings. The molecule has 0 amide bonds. The predicted molar refractivity (Wildman–Crippen MR) is 91.3 cm³/mol. The van der Waals surface area contributed by atoms with E-state index in [-0.39, 0.29) is 52.9 Å². The van der Waals surface area contributed by atoms with Gasteiger partial charge in [0.25, 0.3) is 0 Å². The van der Waals surface area contributed by atoms with Crippen LogP contribution in [0.1, 0.15) is 0 Å². The molecule has 29 heavy (non-hydrogen) atoms. The molecule has 0 saturated carbocycles. The van der Waals surface area contributed by atoms with Crippen LogP contribution in [0.25, 0.3) is 0 Å². The van der Waals surface area contributed by atoms with Gasteiger partial charge < -0.3 is 43.4 Å². The lowest BCUT2D eigenvalue weighted by Gasteiger charge is -2.07. The Morgan fingerprint density at radius 3 is 1.03 bits per heavy atom. The number of esters is 2. The monoisotopic (exact) mass is 426 g/mol. The summed E-state index contributed by atoms with van der Waals surface area (Å²) in [5.74, 6) is -3.90. The van der Waals surface area contributed by atoms with E-state index in [0.717, 1.165) is 0 Å². The lowest BCUT2D eigenvalue weighted by Crippen LogP contribution is -2.22. The van der Waals surface area contributed by atoms with Crippen molar-refractivity contribution in [2.24, 2.45) is 0 Å². The highest BCUT2D eigenvalue weighted by Gasteiger charge is 2.10. The Balaban J connectivity index is 3.38. The predicted octanol–water partition coefficient (Wildman–Crippen LogP) is -1.67. The van der Waals surface area contributed by atoms with Gasteiger partial charge in [0.1, 0.15) is 26.4 Å². The van der Waals surface area contributed by atoms with Crippen molar-refractivity contribution in [3.8, 4) is 0 Å². The number of carboxylic acid groups (broad SMARTS) is 2. The second kappa shape index (κ2) is 19.2. The molecule has 0 aliphatic heterocycles. The fourth-order valence-electron chi connectivity index (χ4n) is 1.49. The first kappa shape index (κ1) is 26.8. The third-order valence-electron chi connectivity index (χ3n) is 2.61. The van der Waals surface area contributed by atoms with Crippen LogP contribution >= 0.6 is 0 Å². The van der Waals surface area contributed by atoms with Crippen molar-refractivity contribution in [1.29, 1.82) is 0 Å². The second-order valence-corrected chi connectivity index (χ2v) is 5.07. The maximum absolute atomic E-state index is 11.4. The number of carbonyl (C=O) groups excluding carboxylic acids is 2. The van der Waals surface area contributed by atoms with Crippen LogP contribution in [-0.2, 0) is 52.3 Å². The average molecular weight is 426 g/mol. The fraction of sp³-hybridized carbons (Fsp3) is 0.750. The Hall–Kier alpha value is -2.16. The van der Waals surface area contributed by atoms with E-state index in [1.165, 1.54) is 0 Å². The summed E-state index contributed by atoms with van der Waals surface area (Å²) in [6.07, 6.45) is 0. The fourth-order valence-corrected chi connectivity index (χ4v) is 1.49. The lowest BCUT2D eigenvalue weighted by molar-refractivity contribution is -0.166. The first-order valence-electron chi connectivity index (χ1n) is 8.55. The highest BCUT2D eigenvalue weighted by Crippen LogP contribution is 1.88. The van der Waals surface area contributed by atoms with Crippen LogP contribution in [-0.4, -0.2) is 113 Å². The van der Waals surface area contributed by atoms with E-state index in [2.05, 4.69) is 4.74 Å². The summed E-state index contributed by atoms with van der Waals surface area (Å²) < 4.78 is 34.0. The van der Waals surface area contributed by atoms with Crippen LogP contribution in [0, 0.1) is 0 Å². The van der Waals surface area contributed by atoms with Crippen LogP contribution in [0.15, 0.2) is 0 Å². The molecule has 0 aliphatic rings. The van der Waals surface area contributed by atoms with E-state index >= 15 is 0 Å². The molecule has 0 aromatic carbocycles. The summed E-state index contributed by atoms with van der Waals surface area (Å²) in [7, 11) is 0. The third-order valence-corrected chi connectivity index (χ3v) is 2.61. The number of hydrogen-bond donors (Lipinski definition) is 2. The van der Waals surface area contributed by atoms with Crippen LogP contribution in [0.3, 0.4) is 0 Å². The highest BCUT2D eigenvalue weighted by atomic mass is 16.6. The molecule has 0 aromatic heterocycles. The van der Waals surface area contributed by atoms with Gasteiger partial charge in [-0.15, -0.1) is 0 Å². The van der Waals surface area contributed by atoms with Crippen LogP contribution in [0.2, 0.25) is 0 Å². The maximum atomic E-state index is 11.4. The van der Waals surface area contributed by atoms with E-state index in [1.54, 1.807) is 0 Å². The summed E-state index contributed by atoms with van der Waals surface area (Å²) >= 11 is 0. The largest absolute Gasteiger partial charge is 0.480 e. The molecule has 0 unspecified atom stereocenters. The van der Waals surface area contributed by atoms with Gasteiger partial charge in [-0.1, -0.05) is 0 Å². The first-order valence-corrected chi connectivity index (χ1v) is 8.55. The Labute approximate surface area is 166 Å². The molecule has 0 aliphatic carbocycles. The highest BCUT2D eigenvalue weighted by molar-refractivity contribution is 5.86. The molecule has 0 heterocycles. The Kier molecular flexibility index (Phi) is 17.7. The Morgan fingerprint density at radius 2 is 0.724 bits per heavy atom. The Bertz CT molecular complexity index is 437. The quantitative estimate of drug-likeness (QED) is 0.128. The zero-order chi connectivity index (χ0) is 21.7. The molecule has 0 spiro atoms. The number of hydrogen-bond acceptors (Lipinski definition) is 11. The van der Waals surface area contributed by atoms with E-state index in [1.807, 2.05) is 0 Å². The first-order chi connectivity index (χ1) is 13.9. The Morgan fingerprint density at radius 1 is 0.448 bits per heavy atom. The van der Waals surface area contributed by atoms with Gasteiger partial charge in [0.15, 0.2) is 0 Å². The van der Waals surface area contributed by atoms with Crippen molar-refractivity contribution >= 4 is 23.9 Å². The molecule has 0 bridgehead atoms. The van der Waals surface area contributed by atoms with Gasteiger partial charge in [-0.05, 0) is 0 Å². The number of carboxylic acids is 2. The summed E-state index contributed by atoms with van der Waals surface area (Å²) in [6.45, 7) is -0.637. The molecular formula is C16H26O13. The number of carbonyl (C=O) groups is 4. The van der Waals surface area contributed by atoms with E-state index in [0.29, 0.717) is 0 Å². The van der Waals surface area contributed by atoms with E-state index in [4.69, 9.17) is 38.6 Å². The molecule has 0 atom stereocenters. The van der Waals surface area contributed by atoms with Gasteiger partial charge in [0, 0.05) is 0 Å². The lowest BCUT2D eigenvalue weighted by atomic mass is 10.6. The van der Waals surface area contributed by atoms with Crippen molar-refractivity contribution in [3.63, 3.8) is 0 Å². The maximum Gasteiger partial charge on any atom is 0.339 e. The summed E-state index contributed by atoms with van der Waals surface area (Å²) in [5.41, 5.74) is 0. The van der Waals surface area contributed by atoms with Crippen molar-refractivity contribution in [3.05, 3.63) is 0 Å². The summed E-state index contributed by atoms with van der Waals surface area (Å²) in [4.78, 5) is 43.1. The molecule has 0 radical (unpaired) electrons. The van der Waals surface area contributed by atoms with Crippen LogP contribution in [0.4, 0.5) is 0 Å². The third kappa shape index (κ3) is 22.0. The minimum absolute atomic E-state index is 0.0756. The van der Waals surface area contributed by atoms with E-state index in [9.17, 15) is 19.2 Å². The van der Waals surface area contributed by atoms with Crippen molar-refractivity contribution in [2.75, 3.05) is 79.3 Å². The van der Waals surface area contributed by atoms with Crippen LogP contribution < -0.4 is 0 Å². The number of rotatable bonds is 20. The average Bonchev–Trinajstić information content (AvgIpc) is 2.64. The number of aliphatic carboxylic acids is 2. The van der Waals surface area contributed by atoms with Gasteiger partial charge in [-0.25, -0.2) is 19.2 Å². The topological polar surface area (TPSA) is 173 Å². The van der Waals surface area contributed by atoms with Gasteiger partial charge >= 0.3 is 23.9 Å². The summed E-state index contributed by atoms with van der Waals surface area (Å²) in [5, 5.41) is 16.7. The van der Waals surface area contributed by atoms with Gasteiger partial charge in [0.05, 0.1) is 52.9 Å². The zero-order valence-electron chi connectivity index (χ0n) is 15.9. The minimum atomic E-state index is -1.07. The van der Waals surface area contributed by atoms with Gasteiger partial charge in [0.2, 0.25) is 0 Å². The number of ether oxygens (including phenoxy) is 7. The zero-order valence-corrected chi connectivity index (χ0v) is 15.9. The molecule has 0 aromatic rings. The smallest absolute Gasteiger partial charge is 0.339 e. The molecule has 0 saturated heterocycles. The van der Waals surface area contributed by atoms with Crippen molar-refractivity contribution in [2.45, 2.75) is 0 Å². The molecular weight excluding hydrogens is 400 g/mol.